The quantitative estimate of drug-likeness (QED) is 0.650. The van der Waals surface area contributed by atoms with Crippen LogP contribution in [-0.4, -0.2) is 39.8 Å². The number of hydrogen-bond acceptors (Lipinski definition) is 4. The molecule has 0 fully saturated rings. The number of fused-ring (bicyclic) bond motifs is 2. The highest BCUT2D eigenvalue weighted by Gasteiger charge is 2.36. The molecule has 3 aromatic rings. The third kappa shape index (κ3) is 3.92. The van der Waals surface area contributed by atoms with E-state index in [2.05, 4.69) is 9.71 Å². The smallest absolute Gasteiger partial charge is 0.303 e. The molecule has 0 radical (unpaired) electrons. The summed E-state index contributed by atoms with van der Waals surface area (Å²) in [6.45, 7) is 0.346. The van der Waals surface area contributed by atoms with Crippen molar-refractivity contribution in [3.63, 3.8) is 0 Å². The summed E-state index contributed by atoms with van der Waals surface area (Å²) < 4.78 is 30.9. The molecule has 33 heavy (non-hydrogen) atoms. The predicted molar refractivity (Wildman–Crippen MR) is 130 cm³/mol. The van der Waals surface area contributed by atoms with E-state index >= 15 is 0 Å². The van der Waals surface area contributed by atoms with Crippen LogP contribution in [0.5, 0.6) is 0 Å². The Kier molecular flexibility index (Phi) is 5.47. The molecular weight excluding hydrogens is 436 g/mol. The summed E-state index contributed by atoms with van der Waals surface area (Å²) in [5.74, 6) is -0.442. The molecule has 3 aromatic carbocycles. The lowest BCUT2D eigenvalue weighted by Crippen LogP contribution is -2.52. The molecular formula is C25H24N4O3S. The molecule has 1 amide bonds. The van der Waals surface area contributed by atoms with E-state index in [-0.39, 0.29) is 0 Å². The van der Waals surface area contributed by atoms with Gasteiger partial charge in [-0.05, 0) is 30.5 Å². The number of rotatable bonds is 4. The molecule has 8 heteroatoms. The van der Waals surface area contributed by atoms with Crippen molar-refractivity contribution in [1.29, 1.82) is 0 Å². The molecule has 0 bridgehead atoms. The normalized spacial score (nSPS) is 18.3. The van der Waals surface area contributed by atoms with Gasteiger partial charge in [0, 0.05) is 24.7 Å². The second kappa shape index (κ2) is 8.46. The molecule has 1 atom stereocenters. The van der Waals surface area contributed by atoms with E-state index in [0.29, 0.717) is 30.1 Å². The van der Waals surface area contributed by atoms with Crippen LogP contribution in [0.1, 0.15) is 23.1 Å². The van der Waals surface area contributed by atoms with E-state index in [9.17, 15) is 13.2 Å². The minimum Gasteiger partial charge on any atom is -0.312 e. The maximum atomic E-state index is 13.5. The zero-order chi connectivity index (χ0) is 23.0. The third-order valence-corrected chi connectivity index (χ3v) is 7.49. The molecule has 1 N–H and O–H groups in total. The molecule has 0 aliphatic carbocycles. The Morgan fingerprint density at radius 2 is 1.58 bits per heavy atom. The van der Waals surface area contributed by atoms with E-state index in [0.717, 1.165) is 23.1 Å². The predicted octanol–water partition coefficient (Wildman–Crippen LogP) is 3.11. The summed E-state index contributed by atoms with van der Waals surface area (Å²) in [5, 5.41) is 0. The molecule has 0 saturated heterocycles. The fourth-order valence-corrected chi connectivity index (χ4v) is 5.75. The second-order valence-electron chi connectivity index (χ2n) is 8.09. The van der Waals surface area contributed by atoms with Gasteiger partial charge in [-0.1, -0.05) is 66.7 Å². The highest BCUT2D eigenvalue weighted by atomic mass is 32.2. The molecule has 2 aliphatic heterocycles. The van der Waals surface area contributed by atoms with Gasteiger partial charge in [-0.3, -0.25) is 14.1 Å². The molecule has 0 aromatic heterocycles. The number of anilines is 2. The van der Waals surface area contributed by atoms with Gasteiger partial charge in [-0.2, -0.15) is 13.1 Å². The third-order valence-electron chi connectivity index (χ3n) is 6.01. The van der Waals surface area contributed by atoms with Crippen LogP contribution < -0.4 is 13.9 Å². The van der Waals surface area contributed by atoms with Gasteiger partial charge in [-0.15, -0.1) is 0 Å². The van der Waals surface area contributed by atoms with E-state index in [1.807, 2.05) is 72.8 Å². The lowest BCUT2D eigenvalue weighted by molar-refractivity contribution is -0.119. The van der Waals surface area contributed by atoms with Crippen LogP contribution in [0.25, 0.3) is 0 Å². The first kappa shape index (κ1) is 21.4. The van der Waals surface area contributed by atoms with Gasteiger partial charge in [0.15, 0.2) is 6.17 Å². The van der Waals surface area contributed by atoms with Gasteiger partial charge < -0.3 is 4.90 Å². The van der Waals surface area contributed by atoms with Gasteiger partial charge in [0.1, 0.15) is 0 Å². The van der Waals surface area contributed by atoms with Crippen LogP contribution in [0.4, 0.5) is 11.4 Å². The van der Waals surface area contributed by atoms with Crippen LogP contribution in [0.15, 0.2) is 83.9 Å². The number of aryl methyl sites for hydroxylation is 1. The Hall–Kier alpha value is -3.49. The van der Waals surface area contributed by atoms with Crippen LogP contribution in [-0.2, 0) is 21.4 Å². The SMILES string of the molecule is CN1C(=O)C(NS(=O)(=O)N2CCCc3ccccc32)N=C(c2ccccc2)c2ccccc21. The Morgan fingerprint density at radius 3 is 2.36 bits per heavy atom. The van der Waals surface area contributed by atoms with E-state index in [4.69, 9.17) is 0 Å². The van der Waals surface area contributed by atoms with E-state index < -0.39 is 22.3 Å². The number of benzodiazepines with no additional fused rings is 1. The summed E-state index contributed by atoms with van der Waals surface area (Å²) in [7, 11) is -2.39. The van der Waals surface area contributed by atoms with Crippen molar-refractivity contribution in [3.05, 3.63) is 95.6 Å². The number of carbonyl (C=O) groups is 1. The fraction of sp³-hybridized carbons (Fsp3) is 0.200. The average Bonchev–Trinajstić information content (AvgIpc) is 2.95. The Labute approximate surface area is 193 Å². The largest absolute Gasteiger partial charge is 0.312 e. The number of carbonyl (C=O) groups excluding carboxylic acids is 1. The number of likely N-dealkylation sites (N-methyl/N-ethyl adjacent to an activating group) is 1. The first-order chi connectivity index (χ1) is 16.0. The first-order valence-corrected chi connectivity index (χ1v) is 12.3. The Morgan fingerprint density at radius 1 is 0.909 bits per heavy atom. The Bertz CT molecular complexity index is 1340. The lowest BCUT2D eigenvalue weighted by Gasteiger charge is -2.31. The number of aliphatic imine (C=N–C) groups is 1. The number of nitrogens with zero attached hydrogens (tertiary/aromatic N) is 3. The zero-order valence-electron chi connectivity index (χ0n) is 18.2. The molecule has 5 rings (SSSR count). The fourth-order valence-electron chi connectivity index (χ4n) is 4.38. The highest BCUT2D eigenvalue weighted by Crippen LogP contribution is 2.30. The molecule has 168 valence electrons. The molecule has 0 saturated carbocycles. The van der Waals surface area contributed by atoms with Crippen molar-refractivity contribution in [1.82, 2.24) is 4.72 Å². The van der Waals surface area contributed by atoms with Crippen LogP contribution in [0, 0.1) is 0 Å². The molecule has 2 aliphatic rings. The second-order valence-corrected chi connectivity index (χ2v) is 9.71. The zero-order valence-corrected chi connectivity index (χ0v) is 19.0. The van der Waals surface area contributed by atoms with Gasteiger partial charge in [-0.25, -0.2) is 0 Å². The summed E-state index contributed by atoms with van der Waals surface area (Å²) in [6, 6.07) is 24.4. The summed E-state index contributed by atoms with van der Waals surface area (Å²) >= 11 is 0. The number of nitrogens with one attached hydrogen (secondary N) is 1. The van der Waals surface area contributed by atoms with Crippen molar-refractivity contribution >= 4 is 33.2 Å². The van der Waals surface area contributed by atoms with Crippen molar-refractivity contribution in [2.45, 2.75) is 19.0 Å². The van der Waals surface area contributed by atoms with Crippen molar-refractivity contribution < 1.29 is 13.2 Å². The molecule has 1 unspecified atom stereocenters. The van der Waals surface area contributed by atoms with Crippen LogP contribution in [0.2, 0.25) is 0 Å². The van der Waals surface area contributed by atoms with Crippen molar-refractivity contribution in [2.24, 2.45) is 4.99 Å². The Balaban J connectivity index is 1.58. The minimum atomic E-state index is -4.03. The summed E-state index contributed by atoms with van der Waals surface area (Å²) in [4.78, 5) is 19.5. The van der Waals surface area contributed by atoms with Gasteiger partial charge in [0.2, 0.25) is 0 Å². The van der Waals surface area contributed by atoms with Gasteiger partial charge >= 0.3 is 10.2 Å². The number of para-hydroxylation sites is 2. The van der Waals surface area contributed by atoms with Crippen molar-refractivity contribution in [2.75, 3.05) is 22.8 Å². The standard InChI is InChI=1S/C25H24N4O3S/c1-28-22-16-8-6-14-20(22)23(19-11-3-2-4-12-19)26-24(25(28)30)27-33(31,32)29-17-9-13-18-10-5-7-15-21(18)29/h2-8,10-12,14-16,24,27H,9,13,17H2,1H3. The number of benzene rings is 3. The van der Waals surface area contributed by atoms with E-state index in [1.165, 1.54) is 9.21 Å². The van der Waals surface area contributed by atoms with E-state index in [1.54, 1.807) is 13.1 Å². The maximum absolute atomic E-state index is 13.5. The monoisotopic (exact) mass is 460 g/mol. The molecule has 2 heterocycles. The highest BCUT2D eigenvalue weighted by molar-refractivity contribution is 7.91. The van der Waals surface area contributed by atoms with Crippen molar-refractivity contribution in [3.8, 4) is 0 Å². The lowest BCUT2D eigenvalue weighted by atomic mass is 10.0. The average molecular weight is 461 g/mol. The van der Waals surface area contributed by atoms with Crippen LogP contribution in [0.3, 0.4) is 0 Å². The topological polar surface area (TPSA) is 82.1 Å². The molecule has 7 nitrogen and oxygen atoms in total. The van der Waals surface area contributed by atoms with Gasteiger partial charge in [0.05, 0.1) is 17.1 Å². The first-order valence-electron chi connectivity index (χ1n) is 10.8. The molecule has 0 spiro atoms. The number of amides is 1. The maximum Gasteiger partial charge on any atom is 0.303 e. The van der Waals surface area contributed by atoms with Gasteiger partial charge in [0.25, 0.3) is 5.91 Å². The number of hydrogen-bond donors (Lipinski definition) is 1. The summed E-state index contributed by atoms with van der Waals surface area (Å²) in [5.41, 5.74) is 4.43. The minimum absolute atomic E-state index is 0.346. The van der Waals surface area contributed by atoms with Crippen LogP contribution >= 0.6 is 0 Å². The summed E-state index contributed by atoms with van der Waals surface area (Å²) in [6.07, 6.45) is 0.232.